The summed E-state index contributed by atoms with van der Waals surface area (Å²) in [6.45, 7) is 0. The topological polar surface area (TPSA) is 131 Å². The van der Waals surface area contributed by atoms with Crippen molar-refractivity contribution >= 4 is 27.2 Å². The Bertz CT molecular complexity index is 969. The van der Waals surface area contributed by atoms with Crippen LogP contribution in [0.25, 0.3) is 0 Å². The SMILES string of the molecule is CS(=O)(=O)c1ccc(Nc2nn([C@H](CC#N)C3CC3)cc2C(N)=O)cc1. The van der Waals surface area contributed by atoms with Gasteiger partial charge in [-0.25, -0.2) is 8.42 Å². The van der Waals surface area contributed by atoms with Crippen molar-refractivity contribution in [3.05, 3.63) is 36.0 Å². The summed E-state index contributed by atoms with van der Waals surface area (Å²) in [6.07, 6.45) is 5.08. The molecule has 0 aliphatic heterocycles. The van der Waals surface area contributed by atoms with E-state index in [2.05, 4.69) is 16.5 Å². The van der Waals surface area contributed by atoms with Gasteiger partial charge in [-0.1, -0.05) is 0 Å². The highest BCUT2D eigenvalue weighted by atomic mass is 32.2. The Labute approximate surface area is 151 Å². The van der Waals surface area contributed by atoms with Gasteiger partial charge in [0.25, 0.3) is 5.91 Å². The van der Waals surface area contributed by atoms with Crippen molar-refractivity contribution in [3.8, 4) is 6.07 Å². The zero-order valence-electron chi connectivity index (χ0n) is 14.2. The van der Waals surface area contributed by atoms with Crippen LogP contribution < -0.4 is 11.1 Å². The number of rotatable bonds is 7. The second-order valence-electron chi connectivity index (χ2n) is 6.42. The predicted molar refractivity (Wildman–Crippen MR) is 95.6 cm³/mol. The predicted octanol–water partition coefficient (Wildman–Crippen LogP) is 1.99. The summed E-state index contributed by atoms with van der Waals surface area (Å²) >= 11 is 0. The highest BCUT2D eigenvalue weighted by Gasteiger charge is 2.33. The summed E-state index contributed by atoms with van der Waals surface area (Å²) in [6, 6.07) is 8.21. The number of amides is 1. The molecule has 1 aliphatic rings. The van der Waals surface area contributed by atoms with Crippen LogP contribution in [0, 0.1) is 17.2 Å². The molecule has 26 heavy (non-hydrogen) atoms. The molecule has 1 fully saturated rings. The van der Waals surface area contributed by atoms with E-state index in [0.717, 1.165) is 19.1 Å². The molecule has 8 nitrogen and oxygen atoms in total. The fourth-order valence-electron chi connectivity index (χ4n) is 2.81. The third-order valence-electron chi connectivity index (χ3n) is 4.35. The summed E-state index contributed by atoms with van der Waals surface area (Å²) < 4.78 is 24.7. The molecule has 1 aliphatic carbocycles. The Kier molecular flexibility index (Phi) is 4.70. The van der Waals surface area contributed by atoms with E-state index in [1.807, 2.05) is 0 Å². The number of primary amides is 1. The highest BCUT2D eigenvalue weighted by Crippen LogP contribution is 2.41. The minimum absolute atomic E-state index is 0.0822. The number of carbonyl (C=O) groups is 1. The van der Waals surface area contributed by atoms with Crippen LogP contribution in [-0.4, -0.2) is 30.4 Å². The molecule has 1 aromatic carbocycles. The minimum atomic E-state index is -3.28. The molecule has 2 aromatic rings. The minimum Gasteiger partial charge on any atom is -0.365 e. The molecule has 0 unspecified atom stereocenters. The number of aromatic nitrogens is 2. The lowest BCUT2D eigenvalue weighted by Crippen LogP contribution is -2.12. The average molecular weight is 373 g/mol. The van der Waals surface area contributed by atoms with Crippen LogP contribution in [-0.2, 0) is 9.84 Å². The fraction of sp³-hybridized carbons (Fsp3) is 0.353. The van der Waals surface area contributed by atoms with E-state index in [0.29, 0.717) is 18.0 Å². The lowest BCUT2D eigenvalue weighted by molar-refractivity contribution is 0.100. The molecule has 0 spiro atoms. The molecular formula is C17H19N5O3S. The second-order valence-corrected chi connectivity index (χ2v) is 8.44. The molecule has 0 saturated heterocycles. The van der Waals surface area contributed by atoms with Crippen molar-refractivity contribution in [2.45, 2.75) is 30.2 Å². The zero-order valence-corrected chi connectivity index (χ0v) is 15.0. The number of anilines is 2. The van der Waals surface area contributed by atoms with Crippen molar-refractivity contribution in [2.75, 3.05) is 11.6 Å². The monoisotopic (exact) mass is 373 g/mol. The van der Waals surface area contributed by atoms with Crippen molar-refractivity contribution in [2.24, 2.45) is 11.7 Å². The summed E-state index contributed by atoms with van der Waals surface area (Å²) in [5.41, 5.74) is 6.25. The first-order valence-corrected chi connectivity index (χ1v) is 10.0. The molecule has 136 valence electrons. The molecular weight excluding hydrogens is 354 g/mol. The van der Waals surface area contributed by atoms with Gasteiger partial charge in [-0.2, -0.15) is 10.4 Å². The normalized spacial score (nSPS) is 15.2. The first-order valence-electron chi connectivity index (χ1n) is 8.12. The molecule has 0 radical (unpaired) electrons. The fourth-order valence-corrected chi connectivity index (χ4v) is 3.44. The van der Waals surface area contributed by atoms with E-state index in [1.54, 1.807) is 23.0 Å². The summed E-state index contributed by atoms with van der Waals surface area (Å²) in [5, 5.41) is 16.5. The zero-order chi connectivity index (χ0) is 18.9. The smallest absolute Gasteiger partial charge is 0.254 e. The Morgan fingerprint density at radius 3 is 2.58 bits per heavy atom. The molecule has 9 heteroatoms. The molecule has 1 heterocycles. The summed E-state index contributed by atoms with van der Waals surface area (Å²) in [4.78, 5) is 12.0. The van der Waals surface area contributed by atoms with Crippen LogP contribution in [0.3, 0.4) is 0 Å². The second kappa shape index (κ2) is 6.80. The first kappa shape index (κ1) is 17.9. The molecule has 0 bridgehead atoms. The number of hydrogen-bond acceptors (Lipinski definition) is 6. The maximum Gasteiger partial charge on any atom is 0.254 e. The van der Waals surface area contributed by atoms with Gasteiger partial charge in [-0.05, 0) is 43.0 Å². The standard InChI is InChI=1S/C17H19N5O3S/c1-26(24,25)13-6-4-12(5-7-13)20-17-14(16(19)23)10-22(21-17)15(8-9-18)11-2-3-11/h4-7,10-11,15H,2-3,8H2,1H3,(H2,19,23)(H,20,21)/t15-/m1/s1. The maximum atomic E-state index is 11.8. The molecule has 1 amide bonds. The third-order valence-corrected chi connectivity index (χ3v) is 5.48. The van der Waals surface area contributed by atoms with E-state index >= 15 is 0 Å². The van der Waals surface area contributed by atoms with Crippen LogP contribution in [0.4, 0.5) is 11.5 Å². The van der Waals surface area contributed by atoms with Gasteiger partial charge in [0, 0.05) is 18.1 Å². The maximum absolute atomic E-state index is 11.8. The molecule has 1 atom stereocenters. The number of benzene rings is 1. The van der Waals surface area contributed by atoms with Gasteiger partial charge in [-0.3, -0.25) is 9.48 Å². The quantitative estimate of drug-likeness (QED) is 0.763. The van der Waals surface area contributed by atoms with Crippen LogP contribution >= 0.6 is 0 Å². The molecule has 1 aromatic heterocycles. The largest absolute Gasteiger partial charge is 0.365 e. The van der Waals surface area contributed by atoms with E-state index in [4.69, 9.17) is 11.0 Å². The van der Waals surface area contributed by atoms with Crippen LogP contribution in [0.1, 0.15) is 35.7 Å². The van der Waals surface area contributed by atoms with Gasteiger partial charge in [0.1, 0.15) is 5.56 Å². The number of nitrogens with zero attached hydrogens (tertiary/aromatic N) is 3. The lowest BCUT2D eigenvalue weighted by atomic mass is 10.1. The van der Waals surface area contributed by atoms with Crippen molar-refractivity contribution < 1.29 is 13.2 Å². The molecule has 1 saturated carbocycles. The van der Waals surface area contributed by atoms with E-state index < -0.39 is 15.7 Å². The number of nitriles is 1. The summed E-state index contributed by atoms with van der Waals surface area (Å²) in [5.74, 6) is 0.0448. The van der Waals surface area contributed by atoms with Gasteiger partial charge in [0.05, 0.1) is 23.4 Å². The average Bonchev–Trinajstić information content (AvgIpc) is 3.32. The Balaban J connectivity index is 1.89. The number of nitrogens with one attached hydrogen (secondary N) is 1. The lowest BCUT2D eigenvalue weighted by Gasteiger charge is -2.12. The Morgan fingerprint density at radius 1 is 1.42 bits per heavy atom. The molecule has 3 N–H and O–H groups in total. The van der Waals surface area contributed by atoms with E-state index in [9.17, 15) is 13.2 Å². The molecule has 3 rings (SSSR count). The first-order chi connectivity index (χ1) is 12.3. The van der Waals surface area contributed by atoms with Crippen LogP contribution in [0.5, 0.6) is 0 Å². The van der Waals surface area contributed by atoms with Crippen LogP contribution in [0.2, 0.25) is 0 Å². The van der Waals surface area contributed by atoms with Gasteiger partial charge in [0.2, 0.25) is 0 Å². The number of hydrogen-bond donors (Lipinski definition) is 2. The third kappa shape index (κ3) is 3.86. The highest BCUT2D eigenvalue weighted by molar-refractivity contribution is 7.90. The number of sulfone groups is 1. The van der Waals surface area contributed by atoms with E-state index in [1.165, 1.54) is 12.1 Å². The Hall–Kier alpha value is -2.86. The van der Waals surface area contributed by atoms with Gasteiger partial charge < -0.3 is 11.1 Å². The Morgan fingerprint density at radius 2 is 2.08 bits per heavy atom. The van der Waals surface area contributed by atoms with Crippen LogP contribution in [0.15, 0.2) is 35.4 Å². The van der Waals surface area contributed by atoms with Crippen molar-refractivity contribution in [1.29, 1.82) is 5.26 Å². The van der Waals surface area contributed by atoms with Gasteiger partial charge >= 0.3 is 0 Å². The van der Waals surface area contributed by atoms with Gasteiger partial charge in [0.15, 0.2) is 15.7 Å². The summed E-state index contributed by atoms with van der Waals surface area (Å²) in [7, 11) is -3.28. The number of nitrogens with two attached hydrogens (primary N) is 1. The number of carbonyl (C=O) groups excluding carboxylic acids is 1. The van der Waals surface area contributed by atoms with Gasteiger partial charge in [-0.15, -0.1) is 0 Å². The van der Waals surface area contributed by atoms with E-state index in [-0.39, 0.29) is 22.3 Å². The van der Waals surface area contributed by atoms with Crippen molar-refractivity contribution in [1.82, 2.24) is 9.78 Å². The van der Waals surface area contributed by atoms with Crippen molar-refractivity contribution in [3.63, 3.8) is 0 Å².